The number of allylic oxidation sites excluding steroid dienone is 2. The minimum Gasteiger partial charge on any atom is -0.443 e. The number of nitriles is 3. The van der Waals surface area contributed by atoms with E-state index in [1.807, 2.05) is 19.1 Å². The van der Waals surface area contributed by atoms with Crippen LogP contribution in [0.2, 0.25) is 0 Å². The highest BCUT2D eigenvalue weighted by atomic mass is 79.9. The van der Waals surface area contributed by atoms with Crippen molar-refractivity contribution >= 4 is 126 Å². The maximum absolute atomic E-state index is 14.7. The number of amides is 3. The number of Topliss-reactive ketones (excluding diaryl/α,β-unsaturated/α-hetero) is 1. The number of benzene rings is 6. The molecule has 3 aliphatic rings. The van der Waals surface area contributed by atoms with E-state index in [-0.39, 0.29) is 52.6 Å². The Labute approximate surface area is 647 Å². The zero-order chi connectivity index (χ0) is 76.8. The third-order valence-electron chi connectivity index (χ3n) is 16.4. The number of rotatable bonds is 10. The van der Waals surface area contributed by atoms with Crippen molar-refractivity contribution < 1.29 is 50.3 Å². The summed E-state index contributed by atoms with van der Waals surface area (Å²) in [6, 6.07) is 32.8. The van der Waals surface area contributed by atoms with E-state index < -0.39 is 57.2 Å². The molecular weight excluding hydrogens is 1740 g/mol. The van der Waals surface area contributed by atoms with E-state index in [1.54, 1.807) is 146 Å². The molecule has 3 aliphatic heterocycles. The summed E-state index contributed by atoms with van der Waals surface area (Å²) >= 11 is 19.6. The van der Waals surface area contributed by atoms with E-state index in [9.17, 15) is 56.0 Å². The predicted molar refractivity (Wildman–Crippen MR) is 402 cm³/mol. The molecule has 0 saturated carbocycles. The number of nitrogens with zero attached hydrogens (tertiary/aromatic N) is 10. The molecule has 0 fully saturated rings. The van der Waals surface area contributed by atoms with Crippen LogP contribution in [0, 0.1) is 68.9 Å². The first-order valence-electron chi connectivity index (χ1n) is 31.4. The third kappa shape index (κ3) is 20.9. The molecule has 3 amide bonds. The Morgan fingerprint density at radius 1 is 0.615 bits per heavy atom. The lowest BCUT2D eigenvalue weighted by atomic mass is 9.79. The summed E-state index contributed by atoms with van der Waals surface area (Å²) in [4.78, 5) is 68.6. The summed E-state index contributed by atoms with van der Waals surface area (Å²) in [7, 11) is 0. The number of nitrogens with one attached hydrogen (secondary N) is 2. The maximum atomic E-state index is 14.7. The Morgan fingerprint density at radius 2 is 1.10 bits per heavy atom. The summed E-state index contributed by atoms with van der Waals surface area (Å²) in [6.07, 6.45) is 14.4. The molecule has 0 spiro atoms. The van der Waals surface area contributed by atoms with E-state index >= 15 is 0 Å². The van der Waals surface area contributed by atoms with Gasteiger partial charge in [0.1, 0.15) is 53.2 Å². The first-order chi connectivity index (χ1) is 48.9. The normalized spacial score (nSPS) is 16.8. The highest BCUT2D eigenvalue weighted by molar-refractivity contribution is 9.11. The molecule has 104 heavy (non-hydrogen) atoms. The van der Waals surface area contributed by atoms with Crippen molar-refractivity contribution in [3.8, 4) is 18.2 Å². The molecule has 0 aliphatic carbocycles. The summed E-state index contributed by atoms with van der Waals surface area (Å²) in [5, 5.41) is 30.2. The number of carbonyl (C=O) groups excluding carboxylic acids is 4. The molecule has 9 aromatic rings. The summed E-state index contributed by atoms with van der Waals surface area (Å²) in [6.45, 7) is 15.1. The molecule has 6 aromatic carbocycles. The van der Waals surface area contributed by atoms with Crippen molar-refractivity contribution in [1.29, 1.82) is 15.8 Å². The van der Waals surface area contributed by atoms with Crippen LogP contribution in [0.15, 0.2) is 190 Å². The number of aliphatic imine (C=N–C) groups is 1. The summed E-state index contributed by atoms with van der Waals surface area (Å²) < 4.78 is 94.9. The minimum absolute atomic E-state index is 0.124. The van der Waals surface area contributed by atoms with Crippen LogP contribution in [0.1, 0.15) is 136 Å². The van der Waals surface area contributed by atoms with Crippen LogP contribution in [-0.4, -0.2) is 69.7 Å². The number of imidazole rings is 3. The van der Waals surface area contributed by atoms with Gasteiger partial charge in [-0.05, 0) is 172 Å². The van der Waals surface area contributed by atoms with Crippen molar-refractivity contribution in [2.75, 3.05) is 0 Å². The zero-order valence-electron chi connectivity index (χ0n) is 57.2. The number of aromatic nitrogens is 6. The fraction of sp³-hybridized carbons (Fsp3) is 0.267. The molecule has 5 unspecified atom stereocenters. The van der Waals surface area contributed by atoms with Gasteiger partial charge in [-0.15, -0.1) is 0 Å². The predicted octanol–water partition coefficient (Wildman–Crippen LogP) is 20.7. The van der Waals surface area contributed by atoms with E-state index in [4.69, 9.17) is 10.00 Å². The Hall–Kier alpha value is -8.63. The Balaban J connectivity index is 0.000000178. The number of imide groups is 1. The standard InChI is InChI=1S/C18H19BrFN3O3.C14H12BrFN2.C13H11BrFN3O.C13H11BrFN3.C9H7BrFN.C8H6BrFO/c1-17(2,3)26-16(25)23-15(24)22-10-21-9-12(22)8-18(23,4)13-7-11(19)5-6-14(13)20;1-14(9-17,8-11-3-2-6-18-11)12-7-10(15)4-5-13(12)16;1-13(10-4-8(14)2-3-11(10)15)5-9-6-16-7-18(9)12(19)17-13;1-13(7-16,5-10-6-17-8-18-10)11-4-9(14)2-3-12(11)15;1-6(5-12)8-4-7(10)2-3-9(8)11;1-5(11)7-4-6(9)2-3-8(7)10/h5-7,9-10H,8H2,1-4H3;3-7H,2,8H2,1H3;2-4,6-7H,5H2,1H3,(H,17,19);2-4,6,8H,5H2,1H3,(H,17,18);2-4,6H,1H3;2-4H,1H3. The molecule has 6 heterocycles. The van der Waals surface area contributed by atoms with Gasteiger partial charge in [0, 0.05) is 134 Å². The van der Waals surface area contributed by atoms with E-state index in [0.29, 0.717) is 56.2 Å². The van der Waals surface area contributed by atoms with Gasteiger partial charge < -0.3 is 15.0 Å². The van der Waals surface area contributed by atoms with E-state index in [2.05, 4.69) is 138 Å². The van der Waals surface area contributed by atoms with Gasteiger partial charge in [-0.1, -0.05) is 102 Å². The van der Waals surface area contributed by atoms with Crippen molar-refractivity contribution in [2.24, 2.45) is 4.99 Å². The molecule has 0 radical (unpaired) electrons. The van der Waals surface area contributed by atoms with Gasteiger partial charge in [-0.3, -0.25) is 18.9 Å². The molecule has 29 heteroatoms. The smallest absolute Gasteiger partial charge is 0.419 e. The first kappa shape index (κ1) is 82.7. The maximum Gasteiger partial charge on any atom is 0.419 e. The van der Waals surface area contributed by atoms with Crippen molar-refractivity contribution in [3.05, 3.63) is 271 Å². The second-order valence-corrected chi connectivity index (χ2v) is 31.2. The highest BCUT2D eigenvalue weighted by Crippen LogP contribution is 2.41. The number of ketones is 1. The van der Waals surface area contributed by atoms with Gasteiger partial charge in [0.2, 0.25) is 0 Å². The minimum atomic E-state index is -1.26. The van der Waals surface area contributed by atoms with E-state index in [0.717, 1.165) is 46.3 Å². The number of H-pyrrole nitrogens is 1. The van der Waals surface area contributed by atoms with Crippen molar-refractivity contribution in [2.45, 2.75) is 128 Å². The molecular formula is C75H66Br6F6N12O5. The number of fused-ring (bicyclic) bond motifs is 2. The second kappa shape index (κ2) is 35.4. The van der Waals surface area contributed by atoms with Crippen molar-refractivity contribution in [3.63, 3.8) is 0 Å². The zero-order valence-corrected chi connectivity index (χ0v) is 66.7. The molecule has 5 atom stereocenters. The van der Waals surface area contributed by atoms with Gasteiger partial charge in [0.25, 0.3) is 0 Å². The first-order valence-corrected chi connectivity index (χ1v) is 36.2. The van der Waals surface area contributed by atoms with Crippen LogP contribution >= 0.6 is 95.6 Å². The molecule has 3 aromatic heterocycles. The average Bonchev–Trinajstić information content (AvgIpc) is 1.27. The number of carbonyl (C=O) groups is 4. The lowest BCUT2D eigenvalue weighted by molar-refractivity contribution is 0.00826. The lowest BCUT2D eigenvalue weighted by Gasteiger charge is -2.43. The monoisotopic (exact) mass is 1800 g/mol. The Bertz CT molecular complexity index is 4870. The number of hydrogen-bond acceptors (Lipinski definition) is 12. The number of ether oxygens (including phenoxy) is 1. The van der Waals surface area contributed by atoms with Gasteiger partial charge >= 0.3 is 18.2 Å². The molecule has 540 valence electrons. The quantitative estimate of drug-likeness (QED) is 0.0963. The lowest BCUT2D eigenvalue weighted by Crippen LogP contribution is -2.58. The molecule has 0 saturated heterocycles. The van der Waals surface area contributed by atoms with Crippen LogP contribution in [0.3, 0.4) is 0 Å². The molecule has 2 N–H and O–H groups in total. The molecule has 0 bridgehead atoms. The van der Waals surface area contributed by atoms with Crippen LogP contribution < -0.4 is 5.32 Å². The van der Waals surface area contributed by atoms with Crippen LogP contribution in [0.25, 0.3) is 0 Å². The van der Waals surface area contributed by atoms with Crippen LogP contribution in [-0.2, 0) is 45.9 Å². The van der Waals surface area contributed by atoms with Gasteiger partial charge in [-0.2, -0.15) is 15.8 Å². The van der Waals surface area contributed by atoms with Gasteiger partial charge in [-0.25, -0.2) is 60.6 Å². The fourth-order valence-corrected chi connectivity index (χ4v) is 13.3. The van der Waals surface area contributed by atoms with Gasteiger partial charge in [0.05, 0.1) is 57.9 Å². The van der Waals surface area contributed by atoms with Crippen molar-refractivity contribution in [1.82, 2.24) is 39.3 Å². The van der Waals surface area contributed by atoms with Crippen LogP contribution in [0.4, 0.5) is 40.7 Å². The second-order valence-electron chi connectivity index (χ2n) is 25.8. The highest BCUT2D eigenvalue weighted by Gasteiger charge is 2.50. The SMILES string of the molecule is CC(=O)c1cc(Br)ccc1F.CC(C#N)(CC1=CCC=N1)c1cc(Br)ccc1F.CC(C#N)(Cc1cnc[nH]1)c1cc(Br)ccc1F.CC(C#N)c1cc(Br)ccc1F.CC(C)(C)OC(=O)N1C(=O)n2cncc2CC1(C)c1cc(Br)ccc1F.CC1(c2cc(Br)ccc2F)Cc2cncn2C(=O)N1. The number of hydrogen-bond donors (Lipinski definition) is 2. The molecule has 12 rings (SSSR count). The van der Waals surface area contributed by atoms with E-state index in [1.165, 1.54) is 71.2 Å². The Morgan fingerprint density at radius 3 is 1.60 bits per heavy atom. The largest absolute Gasteiger partial charge is 0.443 e. The number of halogens is 12. The fourth-order valence-electron chi connectivity index (χ4n) is 11.1. The molecule has 17 nitrogen and oxygen atoms in total. The average molecular weight is 1810 g/mol. The van der Waals surface area contributed by atoms with Gasteiger partial charge in [0.15, 0.2) is 5.78 Å². The topological polar surface area (TPSA) is 241 Å². The third-order valence-corrected chi connectivity index (χ3v) is 19.4. The van der Waals surface area contributed by atoms with Crippen LogP contribution in [0.5, 0.6) is 0 Å². The Kier molecular flexibility index (Phi) is 28.2. The summed E-state index contributed by atoms with van der Waals surface area (Å²) in [5.41, 5.74) is 0.373. The number of aromatic amines is 1. The summed E-state index contributed by atoms with van der Waals surface area (Å²) in [5.74, 6) is -3.03.